The number of halogens is 1. The van der Waals surface area contributed by atoms with E-state index in [1.807, 2.05) is 12.2 Å². The lowest BCUT2D eigenvalue weighted by Gasteiger charge is -1.84. The summed E-state index contributed by atoms with van der Waals surface area (Å²) in [6, 6.07) is 0. The minimum atomic E-state index is 0.561. The molecule has 1 rings (SSSR count). The van der Waals surface area contributed by atoms with Gasteiger partial charge in [-0.2, -0.15) is 0 Å². The van der Waals surface area contributed by atoms with Gasteiger partial charge in [0, 0.05) is 17.1 Å². The van der Waals surface area contributed by atoms with E-state index in [0.717, 1.165) is 10.8 Å². The molecule has 0 saturated heterocycles. The van der Waals surface area contributed by atoms with Gasteiger partial charge in [-0.25, -0.2) is 0 Å². The zero-order valence-electron chi connectivity index (χ0n) is 5.25. The summed E-state index contributed by atoms with van der Waals surface area (Å²) in [5, 5.41) is 0. The van der Waals surface area contributed by atoms with Gasteiger partial charge in [0.1, 0.15) is 0 Å². The maximum absolute atomic E-state index is 10.2. The summed E-state index contributed by atoms with van der Waals surface area (Å²) >= 11 is 3.25. The summed E-state index contributed by atoms with van der Waals surface area (Å²) in [5.74, 6) is 0. The molecule has 1 aliphatic heterocycles. The van der Waals surface area contributed by atoms with Crippen LogP contribution in [0, 0.1) is 0 Å². The highest BCUT2D eigenvalue weighted by Gasteiger charge is 1.95. The van der Waals surface area contributed by atoms with Crippen molar-refractivity contribution in [3.8, 4) is 0 Å². The van der Waals surface area contributed by atoms with Crippen molar-refractivity contribution in [1.29, 1.82) is 0 Å². The normalized spacial score (nSPS) is 17.3. The molecule has 0 radical (unpaired) electrons. The summed E-state index contributed by atoms with van der Waals surface area (Å²) in [5.41, 5.74) is 0.561. The Bertz CT molecular complexity index is 228. The summed E-state index contributed by atoms with van der Waals surface area (Å²) in [4.78, 5) is 14.1. The van der Waals surface area contributed by atoms with Crippen LogP contribution < -0.4 is 0 Å². The number of aldehydes is 1. The Morgan fingerprint density at radius 1 is 1.70 bits per heavy atom. The molecule has 10 heavy (non-hydrogen) atoms. The number of carbonyl (C=O) groups is 1. The number of carbonyl (C=O) groups excluding carboxylic acids is 1. The highest BCUT2D eigenvalue weighted by atomic mass is 79.9. The molecule has 1 aliphatic rings. The fourth-order valence-corrected chi connectivity index (χ4v) is 0.900. The Morgan fingerprint density at radius 3 is 3.20 bits per heavy atom. The van der Waals surface area contributed by atoms with E-state index in [9.17, 15) is 4.79 Å². The van der Waals surface area contributed by atoms with E-state index in [0.29, 0.717) is 12.1 Å². The first-order chi connectivity index (χ1) is 4.83. The molecule has 3 heteroatoms. The molecule has 2 nitrogen and oxygen atoms in total. The predicted molar refractivity (Wildman–Crippen MR) is 44.3 cm³/mol. The molecule has 0 amide bonds. The van der Waals surface area contributed by atoms with Gasteiger partial charge in [0.05, 0.1) is 5.71 Å². The highest BCUT2D eigenvalue weighted by molar-refractivity contribution is 9.11. The maximum atomic E-state index is 10.2. The van der Waals surface area contributed by atoms with E-state index in [4.69, 9.17) is 0 Å². The van der Waals surface area contributed by atoms with Crippen molar-refractivity contribution in [3.05, 3.63) is 22.8 Å². The fourth-order valence-electron chi connectivity index (χ4n) is 0.611. The van der Waals surface area contributed by atoms with Gasteiger partial charge in [-0.1, -0.05) is 12.2 Å². The van der Waals surface area contributed by atoms with Crippen LogP contribution in [0.15, 0.2) is 27.8 Å². The molecular formula is C7H6BrNO. The van der Waals surface area contributed by atoms with Crippen molar-refractivity contribution in [3.63, 3.8) is 0 Å². The molecule has 0 aromatic heterocycles. The van der Waals surface area contributed by atoms with Gasteiger partial charge in [0.2, 0.25) is 0 Å². The largest absolute Gasteiger partial charge is 0.297 e. The summed E-state index contributed by atoms with van der Waals surface area (Å²) in [7, 11) is 0. The predicted octanol–water partition coefficient (Wildman–Crippen LogP) is 1.82. The van der Waals surface area contributed by atoms with Crippen molar-refractivity contribution >= 4 is 27.9 Å². The molecule has 0 N–H and O–H groups in total. The number of hydrogen-bond donors (Lipinski definition) is 0. The van der Waals surface area contributed by atoms with Gasteiger partial charge in [-0.3, -0.25) is 9.79 Å². The zero-order valence-corrected chi connectivity index (χ0v) is 6.84. The second-order valence-corrected chi connectivity index (χ2v) is 2.77. The quantitative estimate of drug-likeness (QED) is 0.593. The molecular weight excluding hydrogens is 194 g/mol. The third-order valence-electron chi connectivity index (χ3n) is 1.09. The second kappa shape index (κ2) is 3.46. The summed E-state index contributed by atoms with van der Waals surface area (Å²) in [6.45, 7) is 0. The summed E-state index contributed by atoms with van der Waals surface area (Å²) in [6.07, 6.45) is 6.77. The standard InChI is InChI=1S/C7H6BrNO/c8-6-2-1-3-7(5-10)9-4-6/h1-2,4-5H,3H2. The molecule has 1 heterocycles. The number of aliphatic imine (C=N–C) groups is 1. The molecule has 0 aromatic carbocycles. The Kier molecular flexibility index (Phi) is 2.57. The smallest absolute Gasteiger partial charge is 0.164 e. The Balaban J connectivity index is 2.83. The highest BCUT2D eigenvalue weighted by Crippen LogP contribution is 2.10. The van der Waals surface area contributed by atoms with Crippen molar-refractivity contribution in [1.82, 2.24) is 0 Å². The van der Waals surface area contributed by atoms with Gasteiger partial charge in [-0.05, 0) is 15.9 Å². The van der Waals surface area contributed by atoms with Crippen LogP contribution in [0.2, 0.25) is 0 Å². The van der Waals surface area contributed by atoms with Gasteiger partial charge in [0.15, 0.2) is 6.29 Å². The maximum Gasteiger partial charge on any atom is 0.164 e. The second-order valence-electron chi connectivity index (χ2n) is 1.86. The molecule has 0 saturated carbocycles. The molecule has 0 spiro atoms. The zero-order chi connectivity index (χ0) is 7.40. The lowest BCUT2D eigenvalue weighted by Crippen LogP contribution is -1.94. The number of hydrogen-bond acceptors (Lipinski definition) is 2. The molecule has 0 aliphatic carbocycles. The van der Waals surface area contributed by atoms with Crippen LogP contribution in [-0.2, 0) is 4.79 Å². The van der Waals surface area contributed by atoms with Crippen molar-refractivity contribution in [2.45, 2.75) is 6.42 Å². The van der Waals surface area contributed by atoms with Crippen molar-refractivity contribution < 1.29 is 4.79 Å². The third-order valence-corrected chi connectivity index (χ3v) is 1.56. The van der Waals surface area contributed by atoms with Crippen LogP contribution in [0.25, 0.3) is 0 Å². The van der Waals surface area contributed by atoms with Crippen LogP contribution in [-0.4, -0.2) is 12.0 Å². The summed E-state index contributed by atoms with van der Waals surface area (Å²) < 4.78 is 0.893. The van der Waals surface area contributed by atoms with Crippen molar-refractivity contribution in [2.75, 3.05) is 0 Å². The number of rotatable bonds is 1. The topological polar surface area (TPSA) is 29.4 Å². The van der Waals surface area contributed by atoms with Crippen LogP contribution in [0.5, 0.6) is 0 Å². The average molecular weight is 200 g/mol. The van der Waals surface area contributed by atoms with Crippen LogP contribution in [0.3, 0.4) is 0 Å². The van der Waals surface area contributed by atoms with Crippen molar-refractivity contribution in [2.24, 2.45) is 4.99 Å². The molecule has 52 valence electrons. The van der Waals surface area contributed by atoms with Crippen LogP contribution in [0.4, 0.5) is 0 Å². The lowest BCUT2D eigenvalue weighted by molar-refractivity contribution is -0.102. The SMILES string of the molecule is O=CC1=NC=C(Br)C=CC1. The van der Waals surface area contributed by atoms with E-state index in [-0.39, 0.29) is 0 Å². The number of allylic oxidation sites excluding steroid dienone is 3. The van der Waals surface area contributed by atoms with E-state index < -0.39 is 0 Å². The minimum Gasteiger partial charge on any atom is -0.297 e. The van der Waals surface area contributed by atoms with Crippen LogP contribution >= 0.6 is 15.9 Å². The van der Waals surface area contributed by atoms with Gasteiger partial charge < -0.3 is 0 Å². The van der Waals surface area contributed by atoms with Gasteiger partial charge >= 0.3 is 0 Å². The van der Waals surface area contributed by atoms with E-state index in [2.05, 4.69) is 20.9 Å². The number of nitrogens with zero attached hydrogens (tertiary/aromatic N) is 1. The van der Waals surface area contributed by atoms with Gasteiger partial charge in [0.25, 0.3) is 0 Å². The molecule has 0 atom stereocenters. The Morgan fingerprint density at radius 2 is 2.50 bits per heavy atom. The monoisotopic (exact) mass is 199 g/mol. The van der Waals surface area contributed by atoms with Gasteiger partial charge in [-0.15, -0.1) is 0 Å². The minimum absolute atomic E-state index is 0.561. The first-order valence-corrected chi connectivity index (χ1v) is 3.66. The average Bonchev–Trinajstić information content (AvgIpc) is 2.14. The van der Waals surface area contributed by atoms with E-state index >= 15 is 0 Å². The molecule has 0 bridgehead atoms. The van der Waals surface area contributed by atoms with Crippen LogP contribution in [0.1, 0.15) is 6.42 Å². The molecule has 0 aromatic rings. The molecule has 0 unspecified atom stereocenters. The Hall–Kier alpha value is -0.700. The third kappa shape index (κ3) is 1.92. The fraction of sp³-hybridized carbons (Fsp3) is 0.143. The molecule has 0 fully saturated rings. The van der Waals surface area contributed by atoms with E-state index in [1.165, 1.54) is 0 Å². The first kappa shape index (κ1) is 7.41. The first-order valence-electron chi connectivity index (χ1n) is 2.87. The lowest BCUT2D eigenvalue weighted by atomic mass is 10.3. The Labute approximate surface area is 67.5 Å². The van der Waals surface area contributed by atoms with E-state index in [1.54, 1.807) is 6.20 Å².